The number of thioether (sulfide) groups is 1. The molecule has 0 radical (unpaired) electrons. The number of amides is 2. The van der Waals surface area contributed by atoms with Gasteiger partial charge in [0.05, 0.1) is 0 Å². The summed E-state index contributed by atoms with van der Waals surface area (Å²) in [6, 6.07) is 6.00. The number of fused-ring (bicyclic) bond motifs is 1. The average molecular weight is 567 g/mol. The highest BCUT2D eigenvalue weighted by atomic mass is 32.2. The predicted octanol–water partition coefficient (Wildman–Crippen LogP) is 1.01. The number of carboxylic acids is 2. The third-order valence-corrected chi connectivity index (χ3v) is 8.06. The molecule has 4 atom stereocenters. The summed E-state index contributed by atoms with van der Waals surface area (Å²) >= 11 is 1.03. The van der Waals surface area contributed by atoms with Gasteiger partial charge in [0.15, 0.2) is 5.41 Å². The summed E-state index contributed by atoms with van der Waals surface area (Å²) in [7, 11) is 2.44. The molecular weight excluding hydrogens is 536 g/mol. The van der Waals surface area contributed by atoms with Crippen molar-refractivity contribution in [2.24, 2.45) is 5.41 Å². The molecule has 13 nitrogen and oxygen atoms in total. The molecule has 0 bridgehead atoms. The van der Waals surface area contributed by atoms with Gasteiger partial charge in [-0.2, -0.15) is 0 Å². The molecule has 0 spiro atoms. The zero-order valence-corrected chi connectivity index (χ0v) is 22.1. The Balaban J connectivity index is 1.68. The minimum absolute atomic E-state index is 0.0124. The third kappa shape index (κ3) is 6.34. The highest BCUT2D eigenvalue weighted by Crippen LogP contribution is 2.49. The lowest BCUT2D eigenvalue weighted by molar-refractivity contribution is -0.223. The normalized spacial score (nSPS) is 24.9. The lowest BCUT2D eigenvalue weighted by atomic mass is 9.85. The molecule has 1 aromatic rings. The maximum absolute atomic E-state index is 13.2. The zero-order chi connectivity index (χ0) is 28.8. The molecule has 2 fully saturated rings. The maximum atomic E-state index is 13.2. The first kappa shape index (κ1) is 29.9. The van der Waals surface area contributed by atoms with Gasteiger partial charge in [-0.05, 0) is 36.6 Å². The second kappa shape index (κ2) is 12.5. The number of β-lactam (4-membered cyclic amide) rings is 1. The number of benzene rings is 1. The van der Waals surface area contributed by atoms with Gasteiger partial charge in [-0.15, -0.1) is 11.8 Å². The van der Waals surface area contributed by atoms with Crippen LogP contribution in [0, 0.1) is 5.41 Å². The predicted molar refractivity (Wildman–Crippen MR) is 136 cm³/mol. The van der Waals surface area contributed by atoms with E-state index in [9.17, 15) is 34.2 Å². The van der Waals surface area contributed by atoms with Gasteiger partial charge in [-0.3, -0.25) is 19.2 Å². The number of aromatic hydroxyl groups is 1. The Morgan fingerprint density at radius 3 is 2.41 bits per heavy atom. The second-order valence-corrected chi connectivity index (χ2v) is 10.1. The quantitative estimate of drug-likeness (QED) is 0.0873. The van der Waals surface area contributed by atoms with E-state index in [0.29, 0.717) is 18.4 Å². The van der Waals surface area contributed by atoms with E-state index in [-0.39, 0.29) is 30.9 Å². The van der Waals surface area contributed by atoms with Gasteiger partial charge in [0.2, 0.25) is 12.2 Å². The van der Waals surface area contributed by atoms with Crippen LogP contribution in [-0.4, -0.2) is 93.8 Å². The van der Waals surface area contributed by atoms with E-state index >= 15 is 0 Å². The lowest BCUT2D eigenvalue weighted by Crippen LogP contribution is -2.83. The number of carboxylic acid groups (broad SMARTS) is 2. The van der Waals surface area contributed by atoms with Crippen LogP contribution in [0.1, 0.15) is 31.2 Å². The van der Waals surface area contributed by atoms with Crippen molar-refractivity contribution in [3.05, 3.63) is 35.9 Å². The summed E-state index contributed by atoms with van der Waals surface area (Å²) in [5.74, 6) is -4.44. The van der Waals surface area contributed by atoms with Crippen LogP contribution in [-0.2, 0) is 38.2 Å². The maximum Gasteiger partial charge on any atom is 0.333 e. The fraction of sp³-hybridized carbons (Fsp3) is 0.480. The van der Waals surface area contributed by atoms with Crippen LogP contribution < -0.4 is 5.32 Å². The fourth-order valence-electron chi connectivity index (χ4n) is 4.36. The molecule has 1 aromatic carbocycles. The number of hydrogen-bond donors (Lipinski definition) is 4. The molecule has 0 aromatic heterocycles. The molecule has 2 aliphatic heterocycles. The number of methoxy groups -OCH3 is 2. The molecule has 2 saturated heterocycles. The topological polar surface area (TPSA) is 189 Å². The SMILES string of the molecule is COC(OC(=O)C=Cc1ccc(O)cc1)C1(C(=O)O)CS[C@H]2N(C1)C(=O)C2(NC(=O)CCCCC(=O)O)OC. The molecule has 3 rings (SSSR count). The number of esters is 1. The molecular formula is C25H30N2O11S. The van der Waals surface area contributed by atoms with Crippen LogP contribution in [0.2, 0.25) is 0 Å². The van der Waals surface area contributed by atoms with Crippen molar-refractivity contribution in [2.75, 3.05) is 26.5 Å². The number of carbonyl (C=O) groups excluding carboxylic acids is 3. The Morgan fingerprint density at radius 1 is 1.15 bits per heavy atom. The van der Waals surface area contributed by atoms with Crippen LogP contribution >= 0.6 is 11.8 Å². The van der Waals surface area contributed by atoms with Gasteiger partial charge in [-0.1, -0.05) is 12.1 Å². The molecule has 0 aliphatic carbocycles. The fourth-order valence-corrected chi connectivity index (χ4v) is 6.00. The van der Waals surface area contributed by atoms with E-state index in [4.69, 9.17) is 19.3 Å². The Labute approximate surface area is 228 Å². The van der Waals surface area contributed by atoms with E-state index in [1.807, 2.05) is 0 Å². The minimum atomic E-state index is -1.81. The lowest BCUT2D eigenvalue weighted by Gasteiger charge is -2.59. The zero-order valence-electron chi connectivity index (χ0n) is 21.3. The first-order valence-corrected chi connectivity index (χ1v) is 13.0. The third-order valence-electron chi connectivity index (χ3n) is 6.47. The van der Waals surface area contributed by atoms with E-state index in [0.717, 1.165) is 17.8 Å². The summed E-state index contributed by atoms with van der Waals surface area (Å²) in [6.45, 7) is -0.369. The number of phenolic OH excluding ortho intramolecular Hbond substituents is 1. The minimum Gasteiger partial charge on any atom is -0.508 e. The molecule has 3 unspecified atom stereocenters. The number of nitrogens with one attached hydrogen (secondary N) is 1. The molecule has 212 valence electrons. The number of carbonyl (C=O) groups is 5. The Hall–Kier alpha value is -3.62. The van der Waals surface area contributed by atoms with Crippen LogP contribution in [0.15, 0.2) is 30.3 Å². The molecule has 4 N–H and O–H groups in total. The first-order chi connectivity index (χ1) is 18.5. The smallest absolute Gasteiger partial charge is 0.333 e. The van der Waals surface area contributed by atoms with Crippen molar-refractivity contribution in [3.63, 3.8) is 0 Å². The Kier molecular flexibility index (Phi) is 9.59. The van der Waals surface area contributed by atoms with E-state index < -0.39 is 52.5 Å². The summed E-state index contributed by atoms with van der Waals surface area (Å²) in [4.78, 5) is 62.4. The molecule has 2 amide bonds. The van der Waals surface area contributed by atoms with Crippen molar-refractivity contribution >= 4 is 47.6 Å². The Bertz CT molecular complexity index is 1140. The average Bonchev–Trinajstić information content (AvgIpc) is 2.91. The van der Waals surface area contributed by atoms with Gasteiger partial charge in [0.1, 0.15) is 11.1 Å². The number of nitrogens with zero attached hydrogens (tertiary/aromatic N) is 1. The van der Waals surface area contributed by atoms with Crippen LogP contribution in [0.25, 0.3) is 6.08 Å². The highest BCUT2D eigenvalue weighted by Gasteiger charge is 2.69. The summed E-state index contributed by atoms with van der Waals surface area (Å²) < 4.78 is 16.0. The van der Waals surface area contributed by atoms with Crippen LogP contribution in [0.3, 0.4) is 0 Å². The highest BCUT2D eigenvalue weighted by molar-refractivity contribution is 8.00. The monoisotopic (exact) mass is 566 g/mol. The van der Waals surface area contributed by atoms with Crippen molar-refractivity contribution in [1.82, 2.24) is 10.2 Å². The molecule has 0 saturated carbocycles. The first-order valence-electron chi connectivity index (χ1n) is 11.9. The number of ether oxygens (including phenoxy) is 3. The number of rotatable bonds is 13. The van der Waals surface area contributed by atoms with Crippen molar-refractivity contribution in [3.8, 4) is 5.75 Å². The van der Waals surface area contributed by atoms with Gasteiger partial charge < -0.3 is 39.7 Å². The molecule has 14 heteroatoms. The van der Waals surface area contributed by atoms with Crippen LogP contribution in [0.4, 0.5) is 0 Å². The van der Waals surface area contributed by atoms with Crippen molar-refractivity contribution < 1.29 is 53.5 Å². The molecule has 2 aliphatic rings. The Morgan fingerprint density at radius 2 is 1.82 bits per heavy atom. The van der Waals surface area contributed by atoms with Gasteiger partial charge in [-0.25, -0.2) is 4.79 Å². The van der Waals surface area contributed by atoms with Crippen molar-refractivity contribution in [2.45, 2.75) is 43.1 Å². The number of aliphatic carboxylic acids is 2. The van der Waals surface area contributed by atoms with Crippen molar-refractivity contribution in [1.29, 1.82) is 0 Å². The van der Waals surface area contributed by atoms with E-state index in [2.05, 4.69) is 5.32 Å². The molecule has 39 heavy (non-hydrogen) atoms. The van der Waals surface area contributed by atoms with Gasteiger partial charge in [0, 0.05) is 45.4 Å². The largest absolute Gasteiger partial charge is 0.508 e. The van der Waals surface area contributed by atoms with Gasteiger partial charge in [0.25, 0.3) is 11.6 Å². The number of unbranched alkanes of at least 4 members (excludes halogenated alkanes) is 1. The molecule has 2 heterocycles. The summed E-state index contributed by atoms with van der Waals surface area (Å²) in [5, 5.41) is 30.1. The van der Waals surface area contributed by atoms with Gasteiger partial charge >= 0.3 is 17.9 Å². The summed E-state index contributed by atoms with van der Waals surface area (Å²) in [6.07, 6.45) is 1.47. The number of phenols is 1. The standard InChI is InChI=1S/C25H30N2O11S/c1-36-23(38-19(32)12-9-15-7-10-16(28)11-8-15)24(22(34)35)13-27-20(33)25(37-2,21(27)39-14-24)26-17(29)5-3-4-6-18(30)31/h7-12,21,23,28H,3-6,13-14H2,1-2H3,(H,26,29)(H,30,31)(H,34,35)/t21-,23?,24?,25?/m1/s1. The van der Waals surface area contributed by atoms with Crippen LogP contribution in [0.5, 0.6) is 5.75 Å². The van der Waals surface area contributed by atoms with E-state index in [1.54, 1.807) is 12.1 Å². The van der Waals surface area contributed by atoms with E-state index in [1.165, 1.54) is 37.3 Å². The number of hydrogen-bond acceptors (Lipinski definition) is 10. The second-order valence-electron chi connectivity index (χ2n) is 9.08. The summed E-state index contributed by atoms with van der Waals surface area (Å²) in [5.41, 5.74) is -2.92.